The Hall–Kier alpha value is -2.27. The van der Waals surface area contributed by atoms with Crippen molar-refractivity contribution < 1.29 is 4.79 Å². The molecule has 1 aromatic carbocycles. The molecule has 0 N–H and O–H groups in total. The van der Waals surface area contributed by atoms with E-state index in [0.717, 1.165) is 28.1 Å². The number of rotatable bonds is 2. The number of hydrogen-bond donors (Lipinski definition) is 0. The average molecular weight is 287 g/mol. The van der Waals surface area contributed by atoms with Crippen LogP contribution in [0.5, 0.6) is 0 Å². The lowest BCUT2D eigenvalue weighted by atomic mass is 10.2. The highest BCUT2D eigenvalue weighted by molar-refractivity contribution is 6.33. The van der Waals surface area contributed by atoms with Gasteiger partial charge in [-0.1, -0.05) is 11.6 Å². The first-order chi connectivity index (χ1) is 9.58. The second kappa shape index (κ2) is 4.68. The van der Waals surface area contributed by atoms with Crippen LogP contribution in [-0.4, -0.2) is 25.8 Å². The zero-order valence-corrected chi connectivity index (χ0v) is 11.7. The maximum Gasteiger partial charge on any atom is 0.170 e. The molecule has 0 amide bonds. The molecule has 0 spiro atoms. The van der Waals surface area contributed by atoms with Crippen molar-refractivity contribution in [2.45, 2.75) is 13.8 Å². The van der Waals surface area contributed by atoms with E-state index in [9.17, 15) is 4.79 Å². The second-order valence-electron chi connectivity index (χ2n) is 4.51. The standard InChI is InChI=1S/C14H11ClN4O/c1-8-9(2)18-13-4-14(11(15)3-12(13)17-8)19-5-10(6-20)16-7-19/h3-7H,1-2H3. The molecule has 3 rings (SSSR count). The Morgan fingerprint density at radius 3 is 2.40 bits per heavy atom. The number of hydrogen-bond acceptors (Lipinski definition) is 4. The van der Waals surface area contributed by atoms with E-state index in [2.05, 4.69) is 15.0 Å². The summed E-state index contributed by atoms with van der Waals surface area (Å²) in [5.41, 5.74) is 4.34. The van der Waals surface area contributed by atoms with Gasteiger partial charge in [-0.05, 0) is 26.0 Å². The molecule has 0 fully saturated rings. The third-order valence-corrected chi connectivity index (χ3v) is 3.45. The predicted molar refractivity (Wildman–Crippen MR) is 76.5 cm³/mol. The molecule has 20 heavy (non-hydrogen) atoms. The number of aryl methyl sites for hydroxylation is 2. The van der Waals surface area contributed by atoms with E-state index in [4.69, 9.17) is 11.6 Å². The monoisotopic (exact) mass is 286 g/mol. The first-order valence-corrected chi connectivity index (χ1v) is 6.40. The van der Waals surface area contributed by atoms with Gasteiger partial charge in [0.05, 0.1) is 33.1 Å². The van der Waals surface area contributed by atoms with Crippen LogP contribution in [0.25, 0.3) is 16.7 Å². The molecule has 0 aliphatic carbocycles. The van der Waals surface area contributed by atoms with Crippen LogP contribution in [0.4, 0.5) is 0 Å². The van der Waals surface area contributed by atoms with E-state index in [1.807, 2.05) is 19.9 Å². The van der Waals surface area contributed by atoms with E-state index < -0.39 is 0 Å². The lowest BCUT2D eigenvalue weighted by Gasteiger charge is -2.08. The van der Waals surface area contributed by atoms with Crippen LogP contribution in [0.2, 0.25) is 5.02 Å². The van der Waals surface area contributed by atoms with Crippen molar-refractivity contribution in [3.63, 3.8) is 0 Å². The third-order valence-electron chi connectivity index (χ3n) is 3.15. The van der Waals surface area contributed by atoms with Crippen LogP contribution in [0.3, 0.4) is 0 Å². The first kappa shape index (κ1) is 12.7. The molecule has 0 saturated heterocycles. The Bertz CT molecular complexity index is 825. The second-order valence-corrected chi connectivity index (χ2v) is 4.92. The summed E-state index contributed by atoms with van der Waals surface area (Å²) >= 11 is 6.28. The van der Waals surface area contributed by atoms with Gasteiger partial charge in [-0.15, -0.1) is 0 Å². The minimum atomic E-state index is 0.354. The molecule has 0 bridgehead atoms. The molecule has 100 valence electrons. The van der Waals surface area contributed by atoms with E-state index in [0.29, 0.717) is 17.0 Å². The Morgan fingerprint density at radius 1 is 1.15 bits per heavy atom. The zero-order valence-electron chi connectivity index (χ0n) is 11.0. The van der Waals surface area contributed by atoms with Gasteiger partial charge in [0, 0.05) is 6.20 Å². The van der Waals surface area contributed by atoms with E-state index >= 15 is 0 Å². The molecule has 3 aromatic rings. The lowest BCUT2D eigenvalue weighted by Crippen LogP contribution is -1.97. The Morgan fingerprint density at radius 2 is 1.80 bits per heavy atom. The first-order valence-electron chi connectivity index (χ1n) is 6.02. The van der Waals surface area contributed by atoms with Gasteiger partial charge in [-0.2, -0.15) is 0 Å². The number of fused-ring (bicyclic) bond motifs is 1. The summed E-state index contributed by atoms with van der Waals surface area (Å²) < 4.78 is 1.70. The summed E-state index contributed by atoms with van der Waals surface area (Å²) in [5, 5.41) is 0.532. The van der Waals surface area contributed by atoms with Crippen LogP contribution in [0, 0.1) is 13.8 Å². The van der Waals surface area contributed by atoms with Gasteiger partial charge in [0.1, 0.15) is 12.0 Å². The van der Waals surface area contributed by atoms with Crippen LogP contribution >= 0.6 is 11.6 Å². The fraction of sp³-hybridized carbons (Fsp3) is 0.143. The molecule has 2 aromatic heterocycles. The highest BCUT2D eigenvalue weighted by Crippen LogP contribution is 2.26. The largest absolute Gasteiger partial charge is 0.304 e. The van der Waals surface area contributed by atoms with Crippen molar-refractivity contribution in [2.24, 2.45) is 0 Å². The highest BCUT2D eigenvalue weighted by Gasteiger charge is 2.09. The maximum absolute atomic E-state index is 10.7. The fourth-order valence-electron chi connectivity index (χ4n) is 1.97. The predicted octanol–water partition coefficient (Wildman–Crippen LogP) is 2.90. The molecule has 0 aliphatic heterocycles. The maximum atomic E-state index is 10.7. The van der Waals surface area contributed by atoms with Crippen molar-refractivity contribution in [1.29, 1.82) is 0 Å². The van der Waals surface area contributed by atoms with Crippen molar-refractivity contribution in [1.82, 2.24) is 19.5 Å². The molecule has 0 unspecified atom stereocenters. The average Bonchev–Trinajstić information content (AvgIpc) is 2.89. The molecule has 0 radical (unpaired) electrons. The Labute approximate surface area is 120 Å². The summed E-state index contributed by atoms with van der Waals surface area (Å²) in [6.07, 6.45) is 3.86. The summed E-state index contributed by atoms with van der Waals surface area (Å²) in [4.78, 5) is 23.6. The normalized spacial score (nSPS) is 10.9. The lowest BCUT2D eigenvalue weighted by molar-refractivity contribution is 0.111. The minimum Gasteiger partial charge on any atom is -0.304 e. The van der Waals surface area contributed by atoms with Gasteiger partial charge in [0.15, 0.2) is 6.29 Å². The number of carbonyl (C=O) groups is 1. The van der Waals surface area contributed by atoms with Crippen LogP contribution in [0.1, 0.15) is 21.9 Å². The number of nitrogens with zero attached hydrogens (tertiary/aromatic N) is 4. The topological polar surface area (TPSA) is 60.7 Å². The van der Waals surface area contributed by atoms with Gasteiger partial charge in [-0.25, -0.2) is 15.0 Å². The highest BCUT2D eigenvalue weighted by atomic mass is 35.5. The summed E-state index contributed by atoms with van der Waals surface area (Å²) in [7, 11) is 0. The van der Waals surface area contributed by atoms with Crippen LogP contribution in [-0.2, 0) is 0 Å². The van der Waals surface area contributed by atoms with Crippen molar-refractivity contribution in [3.05, 3.63) is 46.8 Å². The van der Waals surface area contributed by atoms with Crippen molar-refractivity contribution in [2.75, 3.05) is 0 Å². The molecule has 5 nitrogen and oxygen atoms in total. The number of carbonyl (C=O) groups excluding carboxylic acids is 1. The van der Waals surface area contributed by atoms with Gasteiger partial charge in [0.2, 0.25) is 0 Å². The van der Waals surface area contributed by atoms with Crippen molar-refractivity contribution in [3.8, 4) is 5.69 Å². The number of halogens is 1. The van der Waals surface area contributed by atoms with Crippen LogP contribution < -0.4 is 0 Å². The molecular formula is C14H11ClN4O. The quantitative estimate of drug-likeness (QED) is 0.680. The summed E-state index contributed by atoms with van der Waals surface area (Å²) in [6, 6.07) is 3.61. The fourth-order valence-corrected chi connectivity index (χ4v) is 2.23. The molecule has 0 saturated carbocycles. The SMILES string of the molecule is Cc1nc2cc(Cl)c(-n3cnc(C=O)c3)cc2nc1C. The number of aldehydes is 1. The molecule has 6 heteroatoms. The molecule has 0 atom stereocenters. The minimum absolute atomic E-state index is 0.354. The molecular weight excluding hydrogens is 276 g/mol. The van der Waals surface area contributed by atoms with Crippen molar-refractivity contribution >= 4 is 28.9 Å². The molecule has 2 heterocycles. The Balaban J connectivity index is 2.23. The van der Waals surface area contributed by atoms with Gasteiger partial charge in [0.25, 0.3) is 0 Å². The number of aromatic nitrogens is 4. The number of benzene rings is 1. The smallest absolute Gasteiger partial charge is 0.170 e. The van der Waals surface area contributed by atoms with Gasteiger partial charge < -0.3 is 4.57 Å². The number of imidazole rings is 1. The van der Waals surface area contributed by atoms with E-state index in [1.165, 1.54) is 0 Å². The van der Waals surface area contributed by atoms with Gasteiger partial charge in [-0.3, -0.25) is 4.79 Å². The zero-order chi connectivity index (χ0) is 14.3. The third kappa shape index (κ3) is 2.06. The summed E-state index contributed by atoms with van der Waals surface area (Å²) in [6.45, 7) is 3.83. The van der Waals surface area contributed by atoms with Gasteiger partial charge >= 0.3 is 0 Å². The Kier molecular flexibility index (Phi) is 2.99. The van der Waals surface area contributed by atoms with E-state index in [1.54, 1.807) is 23.2 Å². The summed E-state index contributed by atoms with van der Waals surface area (Å²) in [5.74, 6) is 0. The molecule has 0 aliphatic rings. The van der Waals surface area contributed by atoms with E-state index in [-0.39, 0.29) is 0 Å². The van der Waals surface area contributed by atoms with Crippen LogP contribution in [0.15, 0.2) is 24.7 Å².